The Kier molecular flexibility index (Phi) is 3.69. The van der Waals surface area contributed by atoms with Gasteiger partial charge in [0.25, 0.3) is 5.69 Å². The number of nitrogens with zero attached hydrogens (tertiary/aromatic N) is 1. The van der Waals surface area contributed by atoms with Crippen LogP contribution in [0.25, 0.3) is 0 Å². The van der Waals surface area contributed by atoms with E-state index >= 15 is 0 Å². The fourth-order valence-corrected chi connectivity index (χ4v) is 2.61. The molecule has 1 aliphatic rings. The van der Waals surface area contributed by atoms with Crippen molar-refractivity contribution in [3.05, 3.63) is 63.5 Å². The molecule has 2 N–H and O–H groups in total. The molecule has 0 radical (unpaired) electrons. The van der Waals surface area contributed by atoms with E-state index in [0.717, 1.165) is 22.9 Å². The number of amides is 1. The molecule has 0 saturated carbocycles. The minimum atomic E-state index is -0.656. The van der Waals surface area contributed by atoms with Crippen molar-refractivity contribution in [3.63, 3.8) is 0 Å². The Morgan fingerprint density at radius 1 is 1.30 bits per heavy atom. The van der Waals surface area contributed by atoms with Crippen molar-refractivity contribution in [1.29, 1.82) is 0 Å². The molecule has 1 amide bonds. The van der Waals surface area contributed by atoms with Crippen molar-refractivity contribution in [1.82, 2.24) is 0 Å². The fraction of sp³-hybridized carbons (Fsp3) is 0.188. The number of nitrogens with one attached hydrogen (secondary N) is 2. The Bertz CT molecular complexity index is 807. The third kappa shape index (κ3) is 2.98. The van der Waals surface area contributed by atoms with Gasteiger partial charge < -0.3 is 10.6 Å². The van der Waals surface area contributed by atoms with Crippen molar-refractivity contribution in [3.8, 4) is 0 Å². The van der Waals surface area contributed by atoms with Crippen LogP contribution >= 0.6 is 0 Å². The molecule has 0 aliphatic carbocycles. The summed E-state index contributed by atoms with van der Waals surface area (Å²) in [4.78, 5) is 21.8. The van der Waals surface area contributed by atoms with Crippen molar-refractivity contribution >= 4 is 23.0 Å². The van der Waals surface area contributed by atoms with Crippen molar-refractivity contribution in [2.45, 2.75) is 19.4 Å². The minimum Gasteiger partial charge on any atom is -0.373 e. The maximum atomic E-state index is 13.2. The fourth-order valence-electron chi connectivity index (χ4n) is 2.61. The van der Waals surface area contributed by atoms with Gasteiger partial charge in [-0.05, 0) is 36.2 Å². The topological polar surface area (TPSA) is 84.3 Å². The van der Waals surface area contributed by atoms with Crippen LogP contribution in [0, 0.1) is 15.9 Å². The third-order valence-electron chi connectivity index (χ3n) is 3.78. The summed E-state index contributed by atoms with van der Waals surface area (Å²) >= 11 is 0. The van der Waals surface area contributed by atoms with Crippen molar-refractivity contribution in [2.24, 2.45) is 0 Å². The molecule has 3 rings (SSSR count). The summed E-state index contributed by atoms with van der Waals surface area (Å²) in [5.41, 5.74) is 2.51. The van der Waals surface area contributed by atoms with Gasteiger partial charge in [-0.25, -0.2) is 4.39 Å². The highest BCUT2D eigenvalue weighted by Gasteiger charge is 2.20. The van der Waals surface area contributed by atoms with Crippen molar-refractivity contribution in [2.75, 3.05) is 10.6 Å². The molecular formula is C16H14FN3O3. The van der Waals surface area contributed by atoms with Crippen molar-refractivity contribution < 1.29 is 14.1 Å². The molecule has 2 aromatic rings. The number of benzene rings is 2. The molecule has 1 aliphatic heterocycles. The van der Waals surface area contributed by atoms with E-state index in [0.29, 0.717) is 6.42 Å². The van der Waals surface area contributed by atoms with Gasteiger partial charge in [-0.1, -0.05) is 12.1 Å². The van der Waals surface area contributed by atoms with Crippen LogP contribution in [0.5, 0.6) is 0 Å². The molecule has 1 heterocycles. The summed E-state index contributed by atoms with van der Waals surface area (Å²) in [7, 11) is 0. The van der Waals surface area contributed by atoms with Gasteiger partial charge in [-0.15, -0.1) is 0 Å². The molecule has 0 unspecified atom stereocenters. The molecule has 7 heteroatoms. The molecule has 0 spiro atoms. The highest BCUT2D eigenvalue weighted by molar-refractivity contribution is 5.99. The SMILES string of the molecule is C[C@@H](Nc1ccc(F)cc1[N+](=O)[O-])c1ccc2c(c1)CC(=O)N2. The monoisotopic (exact) mass is 315 g/mol. The first-order valence-corrected chi connectivity index (χ1v) is 7.07. The van der Waals surface area contributed by atoms with Crippen LogP contribution in [0.4, 0.5) is 21.5 Å². The zero-order valence-corrected chi connectivity index (χ0v) is 12.3. The van der Waals surface area contributed by atoms with Crippen LogP contribution in [0.15, 0.2) is 36.4 Å². The number of nitro benzene ring substituents is 1. The summed E-state index contributed by atoms with van der Waals surface area (Å²) in [5.74, 6) is -0.705. The van der Waals surface area contributed by atoms with Gasteiger partial charge in [0, 0.05) is 11.7 Å². The van der Waals surface area contributed by atoms with E-state index in [1.165, 1.54) is 12.1 Å². The zero-order valence-electron chi connectivity index (χ0n) is 12.3. The predicted octanol–water partition coefficient (Wildman–Crippen LogP) is 3.40. The van der Waals surface area contributed by atoms with Crippen LogP contribution in [-0.4, -0.2) is 10.8 Å². The van der Waals surface area contributed by atoms with E-state index in [1.807, 2.05) is 25.1 Å². The lowest BCUT2D eigenvalue weighted by atomic mass is 10.0. The first-order valence-electron chi connectivity index (χ1n) is 7.07. The van der Waals surface area contributed by atoms with Gasteiger partial charge in [0.1, 0.15) is 11.5 Å². The third-order valence-corrected chi connectivity index (χ3v) is 3.78. The largest absolute Gasteiger partial charge is 0.373 e. The number of anilines is 2. The van der Waals surface area contributed by atoms with E-state index < -0.39 is 10.7 Å². The molecule has 0 aromatic heterocycles. The zero-order chi connectivity index (χ0) is 16.6. The Morgan fingerprint density at radius 2 is 2.09 bits per heavy atom. The maximum absolute atomic E-state index is 13.2. The maximum Gasteiger partial charge on any atom is 0.295 e. The number of nitro groups is 1. The van der Waals surface area contributed by atoms with E-state index in [1.54, 1.807) is 0 Å². The number of halogens is 1. The number of rotatable bonds is 4. The lowest BCUT2D eigenvalue weighted by molar-refractivity contribution is -0.384. The van der Waals surface area contributed by atoms with Crippen LogP contribution in [-0.2, 0) is 11.2 Å². The van der Waals surface area contributed by atoms with E-state index in [2.05, 4.69) is 10.6 Å². The number of fused-ring (bicyclic) bond motifs is 1. The lowest BCUT2D eigenvalue weighted by Crippen LogP contribution is -2.09. The molecule has 0 saturated heterocycles. The minimum absolute atomic E-state index is 0.0491. The molecule has 1 atom stereocenters. The summed E-state index contributed by atoms with van der Waals surface area (Å²) in [5, 5.41) is 16.8. The van der Waals surface area contributed by atoms with E-state index in [9.17, 15) is 19.3 Å². The molecule has 118 valence electrons. The van der Waals surface area contributed by atoms with Crippen LogP contribution in [0.2, 0.25) is 0 Å². The molecule has 0 fully saturated rings. The first-order chi connectivity index (χ1) is 10.9. The van der Waals surface area contributed by atoms with E-state index in [-0.39, 0.29) is 23.3 Å². The average molecular weight is 315 g/mol. The number of carbonyl (C=O) groups excluding carboxylic acids is 1. The standard InChI is InChI=1S/C16H14FN3O3/c1-9(10-2-4-13-11(6-10)7-16(21)19-13)18-14-5-3-12(17)8-15(14)20(22)23/h2-6,8-9,18H,7H2,1H3,(H,19,21)/t9-/m1/s1. The Morgan fingerprint density at radius 3 is 2.83 bits per heavy atom. The van der Waals surface area contributed by atoms with Gasteiger partial charge in [0.2, 0.25) is 5.91 Å². The number of hydrogen-bond donors (Lipinski definition) is 2. The van der Waals surface area contributed by atoms with Gasteiger partial charge in [0.15, 0.2) is 0 Å². The van der Waals surface area contributed by atoms with Gasteiger partial charge >= 0.3 is 0 Å². The Hall–Kier alpha value is -2.96. The van der Waals surface area contributed by atoms with Gasteiger partial charge in [0.05, 0.1) is 17.4 Å². The quantitative estimate of drug-likeness (QED) is 0.669. The van der Waals surface area contributed by atoms with Gasteiger partial charge in [-0.3, -0.25) is 14.9 Å². The highest BCUT2D eigenvalue weighted by Crippen LogP contribution is 2.31. The Balaban J connectivity index is 1.85. The van der Waals surface area contributed by atoms with Crippen LogP contribution in [0.1, 0.15) is 24.1 Å². The molecule has 0 bridgehead atoms. The highest BCUT2D eigenvalue weighted by atomic mass is 19.1. The summed E-state index contributed by atoms with van der Waals surface area (Å²) in [6.45, 7) is 1.85. The lowest BCUT2D eigenvalue weighted by Gasteiger charge is -2.16. The van der Waals surface area contributed by atoms with Crippen LogP contribution < -0.4 is 10.6 Å². The summed E-state index contributed by atoms with van der Waals surface area (Å²) in [6.07, 6.45) is 0.326. The normalized spacial score (nSPS) is 14.1. The first kappa shape index (κ1) is 15.0. The smallest absolute Gasteiger partial charge is 0.295 e. The molecule has 2 aromatic carbocycles. The second-order valence-electron chi connectivity index (χ2n) is 5.43. The van der Waals surface area contributed by atoms with E-state index in [4.69, 9.17) is 0 Å². The number of hydrogen-bond acceptors (Lipinski definition) is 4. The molecule has 6 nitrogen and oxygen atoms in total. The summed E-state index contributed by atoms with van der Waals surface area (Å²) < 4.78 is 13.2. The summed E-state index contributed by atoms with van der Waals surface area (Å²) in [6, 6.07) is 8.72. The Labute approximate surface area is 131 Å². The molecular weight excluding hydrogens is 301 g/mol. The average Bonchev–Trinajstić information content (AvgIpc) is 2.87. The molecule has 23 heavy (non-hydrogen) atoms. The predicted molar refractivity (Wildman–Crippen MR) is 83.9 cm³/mol. The van der Waals surface area contributed by atoms with Crippen LogP contribution in [0.3, 0.4) is 0 Å². The second kappa shape index (κ2) is 5.68. The van der Waals surface area contributed by atoms with Gasteiger partial charge in [-0.2, -0.15) is 0 Å². The number of carbonyl (C=O) groups is 1. The second-order valence-corrected chi connectivity index (χ2v) is 5.43.